The van der Waals surface area contributed by atoms with Crippen LogP contribution in [0.25, 0.3) is 10.7 Å². The molecule has 9 heteroatoms. The second-order valence-electron chi connectivity index (χ2n) is 5.61. The van der Waals surface area contributed by atoms with Crippen LogP contribution in [0.15, 0.2) is 40.9 Å². The fourth-order valence-electron chi connectivity index (χ4n) is 2.36. The highest BCUT2D eigenvalue weighted by atomic mass is 32.2. The van der Waals surface area contributed by atoms with Crippen molar-refractivity contribution in [1.82, 2.24) is 20.5 Å². The van der Waals surface area contributed by atoms with Crippen molar-refractivity contribution in [2.24, 2.45) is 0 Å². The number of amides is 1. The molecule has 0 bridgehead atoms. The minimum Gasteiger partial charge on any atom is -0.493 e. The van der Waals surface area contributed by atoms with Crippen LogP contribution in [0.4, 0.5) is 0 Å². The molecule has 2 heterocycles. The van der Waals surface area contributed by atoms with Crippen LogP contribution >= 0.6 is 23.1 Å². The topological polar surface area (TPSA) is 89.1 Å². The molecule has 2 N–H and O–H groups in total. The van der Waals surface area contributed by atoms with Crippen LogP contribution in [0.2, 0.25) is 0 Å². The van der Waals surface area contributed by atoms with Crippen LogP contribution in [-0.2, 0) is 11.3 Å². The quantitative estimate of drug-likeness (QED) is 0.560. The van der Waals surface area contributed by atoms with Gasteiger partial charge in [0.2, 0.25) is 11.1 Å². The van der Waals surface area contributed by atoms with Gasteiger partial charge in [-0.3, -0.25) is 9.89 Å². The van der Waals surface area contributed by atoms with Gasteiger partial charge >= 0.3 is 0 Å². The minimum absolute atomic E-state index is 0.0859. The number of carbonyl (C=O) groups is 1. The Morgan fingerprint density at radius 3 is 2.81 bits per heavy atom. The van der Waals surface area contributed by atoms with Gasteiger partial charge in [0.1, 0.15) is 0 Å². The molecular formula is C18H20N4O3S2. The number of H-pyrrole nitrogens is 1. The summed E-state index contributed by atoms with van der Waals surface area (Å²) in [4.78, 5) is 17.8. The molecule has 0 saturated heterocycles. The van der Waals surface area contributed by atoms with E-state index in [9.17, 15) is 4.79 Å². The first kappa shape index (κ1) is 19.2. The first-order chi connectivity index (χ1) is 13.1. The molecule has 27 heavy (non-hydrogen) atoms. The molecule has 2 aromatic heterocycles. The maximum absolute atomic E-state index is 12.4. The summed E-state index contributed by atoms with van der Waals surface area (Å²) in [6.07, 6.45) is 0. The zero-order valence-corrected chi connectivity index (χ0v) is 16.8. The third-order valence-electron chi connectivity index (χ3n) is 3.79. The van der Waals surface area contributed by atoms with Crippen molar-refractivity contribution in [1.29, 1.82) is 0 Å². The van der Waals surface area contributed by atoms with Crippen LogP contribution in [0, 0.1) is 0 Å². The molecule has 1 atom stereocenters. The summed E-state index contributed by atoms with van der Waals surface area (Å²) >= 11 is 2.90. The van der Waals surface area contributed by atoms with Gasteiger partial charge in [-0.25, -0.2) is 4.98 Å². The maximum atomic E-state index is 12.4. The van der Waals surface area contributed by atoms with E-state index in [1.807, 2.05) is 42.6 Å². The van der Waals surface area contributed by atoms with Gasteiger partial charge in [-0.2, -0.15) is 0 Å². The summed E-state index contributed by atoms with van der Waals surface area (Å²) in [6, 6.07) is 9.48. The van der Waals surface area contributed by atoms with E-state index < -0.39 is 0 Å². The number of thioether (sulfide) groups is 1. The number of nitrogens with zero attached hydrogens (tertiary/aromatic N) is 2. The SMILES string of the molecule is COc1ccc(CNC(=O)[C@@H](C)Sc2n[nH]c(-c3cccs3)n2)cc1OC. The average molecular weight is 405 g/mol. The largest absolute Gasteiger partial charge is 0.493 e. The zero-order chi connectivity index (χ0) is 19.2. The van der Waals surface area contributed by atoms with Crippen molar-refractivity contribution < 1.29 is 14.3 Å². The van der Waals surface area contributed by atoms with Crippen molar-refractivity contribution in [3.8, 4) is 22.2 Å². The Hall–Kier alpha value is -2.52. The number of thiophene rings is 1. The standard InChI is InChI=1S/C18H20N4O3S2/c1-11(27-18-20-16(21-22-18)15-5-4-8-26-15)17(23)19-10-12-6-7-13(24-2)14(9-12)25-3/h4-9,11H,10H2,1-3H3,(H,19,23)(H,20,21,22)/t11-/m1/s1. The Morgan fingerprint density at radius 1 is 1.30 bits per heavy atom. The van der Waals surface area contributed by atoms with Gasteiger partial charge in [-0.15, -0.1) is 16.4 Å². The highest BCUT2D eigenvalue weighted by Crippen LogP contribution is 2.28. The number of nitrogens with one attached hydrogen (secondary N) is 2. The fraction of sp³-hybridized carbons (Fsp3) is 0.278. The summed E-state index contributed by atoms with van der Waals surface area (Å²) < 4.78 is 10.5. The molecule has 0 saturated carbocycles. The van der Waals surface area contributed by atoms with Gasteiger partial charge in [0.05, 0.1) is 24.3 Å². The minimum atomic E-state index is -0.322. The van der Waals surface area contributed by atoms with Crippen LogP contribution < -0.4 is 14.8 Å². The molecule has 3 rings (SSSR count). The molecule has 0 spiro atoms. The molecule has 1 amide bonds. The summed E-state index contributed by atoms with van der Waals surface area (Å²) in [7, 11) is 3.17. The number of methoxy groups -OCH3 is 2. The molecule has 7 nitrogen and oxygen atoms in total. The highest BCUT2D eigenvalue weighted by molar-refractivity contribution is 8.00. The lowest BCUT2D eigenvalue weighted by Gasteiger charge is -2.12. The third kappa shape index (κ3) is 4.81. The van der Waals surface area contributed by atoms with Crippen LogP contribution in [0.3, 0.4) is 0 Å². The number of rotatable bonds is 8. The summed E-state index contributed by atoms with van der Waals surface area (Å²) in [6.45, 7) is 2.23. The molecule has 142 valence electrons. The van der Waals surface area contributed by atoms with Gasteiger partial charge in [0.15, 0.2) is 17.3 Å². The maximum Gasteiger partial charge on any atom is 0.233 e. The lowest BCUT2D eigenvalue weighted by atomic mass is 10.2. The van der Waals surface area contributed by atoms with Gasteiger partial charge < -0.3 is 14.8 Å². The lowest BCUT2D eigenvalue weighted by molar-refractivity contribution is -0.120. The van der Waals surface area contributed by atoms with Gasteiger partial charge in [-0.1, -0.05) is 23.9 Å². The van der Waals surface area contributed by atoms with Gasteiger partial charge in [-0.05, 0) is 36.1 Å². The van der Waals surface area contributed by atoms with E-state index in [0.717, 1.165) is 10.4 Å². The molecule has 0 aliphatic rings. The van der Waals surface area contributed by atoms with Crippen LogP contribution in [0.1, 0.15) is 12.5 Å². The van der Waals surface area contributed by atoms with Crippen LogP contribution in [-0.4, -0.2) is 40.6 Å². The molecule has 1 aromatic carbocycles. The fourth-order valence-corrected chi connectivity index (χ4v) is 3.77. The molecule has 0 unspecified atom stereocenters. The first-order valence-corrected chi connectivity index (χ1v) is 9.98. The van der Waals surface area contributed by atoms with E-state index in [-0.39, 0.29) is 11.2 Å². The van der Waals surface area contributed by atoms with E-state index in [0.29, 0.717) is 29.0 Å². The van der Waals surface area contributed by atoms with Gasteiger partial charge in [0.25, 0.3) is 0 Å². The predicted octanol–water partition coefficient (Wildman–Crippen LogP) is 3.35. The highest BCUT2D eigenvalue weighted by Gasteiger charge is 2.17. The number of benzene rings is 1. The Kier molecular flexibility index (Phi) is 6.36. The van der Waals surface area contributed by atoms with E-state index in [2.05, 4.69) is 20.5 Å². The molecule has 3 aromatic rings. The number of aromatic amines is 1. The number of hydrogen-bond donors (Lipinski definition) is 2. The zero-order valence-electron chi connectivity index (χ0n) is 15.2. The summed E-state index contributed by atoms with van der Waals surface area (Å²) in [5.41, 5.74) is 0.927. The molecule has 0 aliphatic heterocycles. The normalized spacial score (nSPS) is 11.8. The van der Waals surface area contributed by atoms with Crippen molar-refractivity contribution in [2.45, 2.75) is 23.9 Å². The predicted molar refractivity (Wildman–Crippen MR) is 106 cm³/mol. The van der Waals surface area contributed by atoms with E-state index in [1.54, 1.807) is 25.6 Å². The first-order valence-electron chi connectivity index (χ1n) is 8.22. The molecular weight excluding hydrogens is 384 g/mol. The molecule has 0 radical (unpaired) electrons. The van der Waals surface area contributed by atoms with E-state index >= 15 is 0 Å². The lowest BCUT2D eigenvalue weighted by Crippen LogP contribution is -2.30. The number of ether oxygens (including phenoxy) is 2. The Labute approximate surface area is 165 Å². The van der Waals surface area contributed by atoms with E-state index in [1.165, 1.54) is 11.8 Å². The van der Waals surface area contributed by atoms with Crippen molar-refractivity contribution >= 4 is 29.0 Å². The Balaban J connectivity index is 1.55. The third-order valence-corrected chi connectivity index (χ3v) is 5.62. The number of aromatic nitrogens is 3. The smallest absolute Gasteiger partial charge is 0.233 e. The average Bonchev–Trinajstić information content (AvgIpc) is 3.37. The van der Waals surface area contributed by atoms with Crippen LogP contribution in [0.5, 0.6) is 11.5 Å². The van der Waals surface area contributed by atoms with Crippen molar-refractivity contribution in [3.05, 3.63) is 41.3 Å². The Bertz CT molecular complexity index is 896. The van der Waals surface area contributed by atoms with Gasteiger partial charge in [0, 0.05) is 6.54 Å². The van der Waals surface area contributed by atoms with Crippen molar-refractivity contribution in [3.63, 3.8) is 0 Å². The molecule has 0 fully saturated rings. The van der Waals surface area contributed by atoms with E-state index in [4.69, 9.17) is 9.47 Å². The summed E-state index contributed by atoms with van der Waals surface area (Å²) in [5, 5.41) is 12.2. The number of hydrogen-bond acceptors (Lipinski definition) is 7. The second kappa shape index (κ2) is 8.92. The summed E-state index contributed by atoms with van der Waals surface area (Å²) in [5.74, 6) is 1.92. The second-order valence-corrected chi connectivity index (χ2v) is 7.87. The monoisotopic (exact) mass is 404 g/mol. The molecule has 0 aliphatic carbocycles. The van der Waals surface area contributed by atoms with Crippen molar-refractivity contribution in [2.75, 3.05) is 14.2 Å². The number of carbonyl (C=O) groups excluding carboxylic acids is 1. The Morgan fingerprint density at radius 2 is 2.11 bits per heavy atom.